The van der Waals surface area contributed by atoms with Crippen LogP contribution in [0, 0.1) is 28.7 Å². The number of hydrogen-bond acceptors (Lipinski definition) is 3. The molecule has 0 unspecified atom stereocenters. The smallest absolute Gasteiger partial charge is 0.304 e. The predicted molar refractivity (Wildman–Crippen MR) is 72.1 cm³/mol. The van der Waals surface area contributed by atoms with Crippen molar-refractivity contribution in [1.29, 1.82) is 0 Å². The Bertz CT molecular complexity index is 732. The quantitative estimate of drug-likeness (QED) is 0.695. The van der Waals surface area contributed by atoms with Crippen LogP contribution in [0.15, 0.2) is 36.4 Å². The monoisotopic (exact) mass is 292 g/mol. The summed E-state index contributed by atoms with van der Waals surface area (Å²) < 4.78 is 26.8. The van der Waals surface area contributed by atoms with E-state index in [-0.39, 0.29) is 11.3 Å². The number of benzene rings is 2. The largest absolute Gasteiger partial charge is 0.322 e. The molecule has 5 nitrogen and oxygen atoms in total. The molecule has 0 saturated heterocycles. The minimum atomic E-state index is -1.11. The second kappa shape index (κ2) is 5.66. The molecule has 7 heteroatoms. The Morgan fingerprint density at radius 2 is 1.86 bits per heavy atom. The van der Waals surface area contributed by atoms with E-state index in [9.17, 15) is 23.7 Å². The van der Waals surface area contributed by atoms with Crippen LogP contribution in [0.1, 0.15) is 15.9 Å². The molecule has 0 aliphatic carbocycles. The standard InChI is InChI=1S/C14H10F2N2O3/c1-8-2-4-10(7-11(8)15)17-14(19)9-3-5-13(18(20)21)12(16)6-9/h2-7H,1H3,(H,17,19). The summed E-state index contributed by atoms with van der Waals surface area (Å²) in [6.45, 7) is 1.58. The van der Waals surface area contributed by atoms with Crippen LogP contribution in [-0.2, 0) is 0 Å². The molecule has 0 aliphatic heterocycles. The third-order valence-corrected chi connectivity index (χ3v) is 2.84. The molecule has 0 fully saturated rings. The third-order valence-electron chi connectivity index (χ3n) is 2.84. The van der Waals surface area contributed by atoms with Crippen molar-refractivity contribution in [3.05, 3.63) is 69.3 Å². The second-order valence-electron chi connectivity index (χ2n) is 4.34. The molecule has 1 amide bonds. The lowest BCUT2D eigenvalue weighted by molar-refractivity contribution is -0.387. The summed E-state index contributed by atoms with van der Waals surface area (Å²) in [7, 11) is 0. The van der Waals surface area contributed by atoms with E-state index in [2.05, 4.69) is 5.32 Å². The molecule has 2 aromatic carbocycles. The summed E-state index contributed by atoms with van der Waals surface area (Å²) in [6.07, 6.45) is 0. The topological polar surface area (TPSA) is 72.2 Å². The molecule has 2 rings (SSSR count). The Morgan fingerprint density at radius 3 is 2.43 bits per heavy atom. The number of aryl methyl sites for hydroxylation is 1. The fourth-order valence-electron chi connectivity index (χ4n) is 1.67. The van der Waals surface area contributed by atoms with Gasteiger partial charge in [0.2, 0.25) is 5.82 Å². The first-order valence-electron chi connectivity index (χ1n) is 5.90. The molecular weight excluding hydrogens is 282 g/mol. The van der Waals surface area contributed by atoms with Crippen LogP contribution < -0.4 is 5.32 Å². The molecule has 0 spiro atoms. The number of carbonyl (C=O) groups excluding carboxylic acids is 1. The van der Waals surface area contributed by atoms with E-state index in [4.69, 9.17) is 0 Å². The van der Waals surface area contributed by atoms with Crippen molar-refractivity contribution in [1.82, 2.24) is 0 Å². The van der Waals surface area contributed by atoms with Crippen LogP contribution >= 0.6 is 0 Å². The first-order valence-corrected chi connectivity index (χ1v) is 5.90. The van der Waals surface area contributed by atoms with Crippen LogP contribution in [0.5, 0.6) is 0 Å². The van der Waals surface area contributed by atoms with E-state index in [1.54, 1.807) is 6.92 Å². The number of carbonyl (C=O) groups is 1. The van der Waals surface area contributed by atoms with Gasteiger partial charge in [0.05, 0.1) is 4.92 Å². The van der Waals surface area contributed by atoms with Crippen LogP contribution in [0.2, 0.25) is 0 Å². The highest BCUT2D eigenvalue weighted by Crippen LogP contribution is 2.19. The lowest BCUT2D eigenvalue weighted by Gasteiger charge is -2.06. The van der Waals surface area contributed by atoms with E-state index in [1.807, 2.05) is 0 Å². The first-order chi connectivity index (χ1) is 9.88. The van der Waals surface area contributed by atoms with Gasteiger partial charge in [-0.15, -0.1) is 0 Å². The molecule has 0 aromatic heterocycles. The van der Waals surface area contributed by atoms with Gasteiger partial charge in [-0.05, 0) is 36.8 Å². The zero-order valence-electron chi connectivity index (χ0n) is 10.9. The highest BCUT2D eigenvalue weighted by atomic mass is 19.1. The van der Waals surface area contributed by atoms with Crippen LogP contribution in [0.3, 0.4) is 0 Å². The van der Waals surface area contributed by atoms with Crippen molar-refractivity contribution in [3.8, 4) is 0 Å². The summed E-state index contributed by atoms with van der Waals surface area (Å²) >= 11 is 0. The van der Waals surface area contributed by atoms with Gasteiger partial charge in [-0.25, -0.2) is 4.39 Å². The van der Waals surface area contributed by atoms with Gasteiger partial charge in [0, 0.05) is 17.3 Å². The minimum Gasteiger partial charge on any atom is -0.322 e. The third kappa shape index (κ3) is 3.19. The van der Waals surface area contributed by atoms with Gasteiger partial charge in [-0.2, -0.15) is 4.39 Å². The first kappa shape index (κ1) is 14.6. The number of hydrogen-bond donors (Lipinski definition) is 1. The van der Waals surface area contributed by atoms with E-state index in [0.717, 1.165) is 24.3 Å². The van der Waals surface area contributed by atoms with Gasteiger partial charge >= 0.3 is 5.69 Å². The maximum absolute atomic E-state index is 13.4. The average Bonchev–Trinajstić information content (AvgIpc) is 2.42. The molecule has 0 radical (unpaired) electrons. The highest BCUT2D eigenvalue weighted by Gasteiger charge is 2.16. The fourth-order valence-corrected chi connectivity index (χ4v) is 1.67. The van der Waals surface area contributed by atoms with E-state index >= 15 is 0 Å². The number of nitro benzene ring substituents is 1. The van der Waals surface area contributed by atoms with Crippen LogP contribution in [-0.4, -0.2) is 10.8 Å². The number of nitrogens with zero attached hydrogens (tertiary/aromatic N) is 1. The lowest BCUT2D eigenvalue weighted by Crippen LogP contribution is -2.12. The Labute approximate surface area is 118 Å². The van der Waals surface area contributed by atoms with Crippen molar-refractivity contribution in [2.75, 3.05) is 5.32 Å². The summed E-state index contributed by atoms with van der Waals surface area (Å²) in [5, 5.41) is 12.9. The Balaban J connectivity index is 2.22. The Kier molecular flexibility index (Phi) is 3.93. The van der Waals surface area contributed by atoms with Crippen LogP contribution in [0.4, 0.5) is 20.2 Å². The van der Waals surface area contributed by atoms with Gasteiger partial charge in [0.25, 0.3) is 5.91 Å². The van der Waals surface area contributed by atoms with Gasteiger partial charge in [-0.3, -0.25) is 14.9 Å². The number of halogens is 2. The van der Waals surface area contributed by atoms with Gasteiger partial charge in [0.15, 0.2) is 0 Å². The average molecular weight is 292 g/mol. The molecule has 1 N–H and O–H groups in total. The molecule has 0 saturated carbocycles. The maximum Gasteiger partial charge on any atom is 0.304 e. The fraction of sp³-hybridized carbons (Fsp3) is 0.0714. The Hall–Kier alpha value is -2.83. The van der Waals surface area contributed by atoms with Crippen molar-refractivity contribution in [3.63, 3.8) is 0 Å². The van der Waals surface area contributed by atoms with E-state index in [1.165, 1.54) is 12.1 Å². The summed E-state index contributed by atoms with van der Waals surface area (Å²) in [5.74, 6) is -2.28. The normalized spacial score (nSPS) is 10.2. The van der Waals surface area contributed by atoms with Gasteiger partial charge < -0.3 is 5.32 Å². The van der Waals surface area contributed by atoms with E-state index in [0.29, 0.717) is 5.56 Å². The minimum absolute atomic E-state index is 0.0981. The highest BCUT2D eigenvalue weighted by molar-refractivity contribution is 6.04. The number of amides is 1. The maximum atomic E-state index is 13.4. The molecule has 21 heavy (non-hydrogen) atoms. The molecule has 0 atom stereocenters. The molecular formula is C14H10F2N2O3. The Morgan fingerprint density at radius 1 is 1.14 bits per heavy atom. The van der Waals surface area contributed by atoms with Crippen LogP contribution in [0.25, 0.3) is 0 Å². The molecule has 108 valence electrons. The number of nitro groups is 1. The summed E-state index contributed by atoms with van der Waals surface area (Å²) in [5.41, 5.74) is -0.178. The number of rotatable bonds is 3. The summed E-state index contributed by atoms with van der Waals surface area (Å²) in [4.78, 5) is 21.5. The molecule has 0 aliphatic rings. The van der Waals surface area contributed by atoms with Crippen molar-refractivity contribution >= 4 is 17.3 Å². The van der Waals surface area contributed by atoms with Gasteiger partial charge in [0.1, 0.15) is 5.82 Å². The number of nitrogens with one attached hydrogen (secondary N) is 1. The number of anilines is 1. The SMILES string of the molecule is Cc1ccc(NC(=O)c2ccc([N+](=O)[O-])c(F)c2)cc1F. The zero-order chi connectivity index (χ0) is 15.6. The summed E-state index contributed by atoms with van der Waals surface area (Å²) in [6, 6.07) is 6.91. The molecule has 0 bridgehead atoms. The van der Waals surface area contributed by atoms with Crippen molar-refractivity contribution in [2.24, 2.45) is 0 Å². The predicted octanol–water partition coefficient (Wildman–Crippen LogP) is 3.43. The van der Waals surface area contributed by atoms with E-state index < -0.39 is 28.2 Å². The van der Waals surface area contributed by atoms with Crippen molar-refractivity contribution < 1.29 is 18.5 Å². The molecule has 0 heterocycles. The van der Waals surface area contributed by atoms with Crippen molar-refractivity contribution in [2.45, 2.75) is 6.92 Å². The zero-order valence-corrected chi connectivity index (χ0v) is 10.9. The second-order valence-corrected chi connectivity index (χ2v) is 4.34. The van der Waals surface area contributed by atoms with Gasteiger partial charge in [-0.1, -0.05) is 6.07 Å². The lowest BCUT2D eigenvalue weighted by atomic mass is 10.1. The molecule has 2 aromatic rings.